The van der Waals surface area contributed by atoms with Crippen molar-refractivity contribution in [2.24, 2.45) is 0 Å². The third-order valence-corrected chi connectivity index (χ3v) is 3.46. The van der Waals surface area contributed by atoms with Crippen molar-refractivity contribution in [2.45, 2.75) is 32.9 Å². The third kappa shape index (κ3) is 4.13. The third-order valence-electron chi connectivity index (χ3n) is 3.46. The Morgan fingerprint density at radius 2 is 1.86 bits per heavy atom. The minimum Gasteiger partial charge on any atom is -0.372 e. The van der Waals surface area contributed by atoms with E-state index in [0.29, 0.717) is 6.61 Å². The van der Waals surface area contributed by atoms with E-state index >= 15 is 0 Å². The molecule has 2 aromatic rings. The lowest BCUT2D eigenvalue weighted by Crippen LogP contribution is -2.29. The number of hydrogen-bond donors (Lipinski definition) is 1. The van der Waals surface area contributed by atoms with Gasteiger partial charge in [-0.2, -0.15) is 0 Å². The Kier molecular flexibility index (Phi) is 5.90. The predicted molar refractivity (Wildman–Crippen MR) is 86.2 cm³/mol. The predicted octanol–water partition coefficient (Wildman–Crippen LogP) is 3.82. The highest BCUT2D eigenvalue weighted by molar-refractivity contribution is 5.26. The molecule has 0 aliphatic rings. The standard InChI is InChI=1S/C18H24N2O/c1-4-20-17(16-11-14(3)12-19-13-16)18(21-5-2)15-9-7-6-8-10-15/h6-13,17-18,20H,4-5H2,1-3H3. The Labute approximate surface area is 127 Å². The molecule has 3 heteroatoms. The molecule has 2 atom stereocenters. The molecule has 1 N–H and O–H groups in total. The molecular weight excluding hydrogens is 260 g/mol. The minimum atomic E-state index is -0.0141. The highest BCUT2D eigenvalue weighted by atomic mass is 16.5. The zero-order valence-electron chi connectivity index (χ0n) is 13.0. The molecule has 0 saturated heterocycles. The maximum absolute atomic E-state index is 6.05. The van der Waals surface area contributed by atoms with E-state index in [1.54, 1.807) is 0 Å². The molecule has 0 saturated carbocycles. The van der Waals surface area contributed by atoms with Gasteiger partial charge in [0.05, 0.1) is 6.04 Å². The lowest BCUT2D eigenvalue weighted by Gasteiger charge is -2.28. The highest BCUT2D eigenvalue weighted by Gasteiger charge is 2.24. The molecule has 21 heavy (non-hydrogen) atoms. The van der Waals surface area contributed by atoms with Gasteiger partial charge in [0.25, 0.3) is 0 Å². The normalized spacial score (nSPS) is 13.9. The number of hydrogen-bond acceptors (Lipinski definition) is 3. The Hall–Kier alpha value is -1.71. The maximum Gasteiger partial charge on any atom is 0.102 e. The second-order valence-corrected chi connectivity index (χ2v) is 5.12. The van der Waals surface area contributed by atoms with Crippen molar-refractivity contribution in [3.8, 4) is 0 Å². The van der Waals surface area contributed by atoms with Crippen LogP contribution in [0.15, 0.2) is 48.8 Å². The molecule has 0 fully saturated rings. The Balaban J connectivity index is 2.37. The van der Waals surface area contributed by atoms with Crippen molar-refractivity contribution >= 4 is 0 Å². The van der Waals surface area contributed by atoms with Crippen molar-refractivity contribution in [3.05, 3.63) is 65.5 Å². The highest BCUT2D eigenvalue weighted by Crippen LogP contribution is 2.32. The number of aryl methyl sites for hydroxylation is 1. The van der Waals surface area contributed by atoms with Gasteiger partial charge in [-0.25, -0.2) is 0 Å². The first-order chi connectivity index (χ1) is 10.3. The van der Waals surface area contributed by atoms with Gasteiger partial charge in [-0.3, -0.25) is 4.98 Å². The molecule has 2 rings (SSSR count). The van der Waals surface area contributed by atoms with Crippen LogP contribution in [0.2, 0.25) is 0 Å². The summed E-state index contributed by atoms with van der Waals surface area (Å²) in [6, 6.07) is 12.7. The maximum atomic E-state index is 6.05. The van der Waals surface area contributed by atoms with Crippen molar-refractivity contribution in [1.29, 1.82) is 0 Å². The fourth-order valence-corrected chi connectivity index (χ4v) is 2.58. The summed E-state index contributed by atoms with van der Waals surface area (Å²) in [5.74, 6) is 0. The van der Waals surface area contributed by atoms with Crippen LogP contribution in [-0.2, 0) is 4.74 Å². The molecule has 1 aromatic heterocycles. The summed E-state index contributed by atoms with van der Waals surface area (Å²) >= 11 is 0. The van der Waals surface area contributed by atoms with Crippen LogP contribution in [0, 0.1) is 6.92 Å². The van der Waals surface area contributed by atoms with Gasteiger partial charge in [0.15, 0.2) is 0 Å². The van der Waals surface area contributed by atoms with Crippen LogP contribution < -0.4 is 5.32 Å². The summed E-state index contributed by atoms with van der Waals surface area (Å²) in [4.78, 5) is 4.33. The molecule has 112 valence electrons. The average molecular weight is 284 g/mol. The van der Waals surface area contributed by atoms with Crippen LogP contribution in [0.5, 0.6) is 0 Å². The van der Waals surface area contributed by atoms with Gasteiger partial charge in [-0.1, -0.05) is 43.3 Å². The van der Waals surface area contributed by atoms with Gasteiger partial charge in [-0.05, 0) is 37.1 Å². The Bertz CT molecular complexity index is 542. The average Bonchev–Trinajstić information content (AvgIpc) is 2.51. The monoisotopic (exact) mass is 284 g/mol. The summed E-state index contributed by atoms with van der Waals surface area (Å²) in [6.45, 7) is 7.78. The molecule has 0 amide bonds. The first-order valence-corrected chi connectivity index (χ1v) is 7.57. The number of nitrogens with zero attached hydrogens (tertiary/aromatic N) is 1. The largest absolute Gasteiger partial charge is 0.372 e. The van der Waals surface area contributed by atoms with E-state index in [0.717, 1.165) is 6.54 Å². The smallest absolute Gasteiger partial charge is 0.102 e. The number of benzene rings is 1. The molecule has 0 spiro atoms. The van der Waals surface area contributed by atoms with E-state index in [4.69, 9.17) is 4.74 Å². The number of likely N-dealkylation sites (N-methyl/N-ethyl adjacent to an activating group) is 1. The number of rotatable bonds is 7. The van der Waals surface area contributed by atoms with Crippen LogP contribution >= 0.6 is 0 Å². The second-order valence-electron chi connectivity index (χ2n) is 5.12. The first-order valence-electron chi connectivity index (χ1n) is 7.57. The van der Waals surface area contributed by atoms with E-state index in [1.165, 1.54) is 16.7 Å². The molecule has 3 nitrogen and oxygen atoms in total. The van der Waals surface area contributed by atoms with Gasteiger partial charge in [-0.15, -0.1) is 0 Å². The second kappa shape index (κ2) is 7.91. The summed E-state index contributed by atoms with van der Waals surface area (Å²) in [7, 11) is 0. The van der Waals surface area contributed by atoms with Gasteiger partial charge >= 0.3 is 0 Å². The number of aromatic nitrogens is 1. The topological polar surface area (TPSA) is 34.2 Å². The lowest BCUT2D eigenvalue weighted by molar-refractivity contribution is 0.0330. The fraction of sp³-hybridized carbons (Fsp3) is 0.389. The molecule has 0 aliphatic heterocycles. The molecule has 0 bridgehead atoms. The van der Waals surface area contributed by atoms with Gasteiger partial charge in [0.2, 0.25) is 0 Å². The van der Waals surface area contributed by atoms with Crippen LogP contribution in [0.25, 0.3) is 0 Å². The quantitative estimate of drug-likeness (QED) is 0.839. The van der Waals surface area contributed by atoms with Crippen LogP contribution in [0.1, 0.15) is 42.7 Å². The van der Waals surface area contributed by atoms with E-state index in [-0.39, 0.29) is 12.1 Å². The van der Waals surface area contributed by atoms with Crippen molar-refractivity contribution < 1.29 is 4.74 Å². The van der Waals surface area contributed by atoms with Gasteiger partial charge in [0.1, 0.15) is 6.10 Å². The summed E-state index contributed by atoms with van der Waals surface area (Å²) in [5, 5.41) is 3.54. The molecule has 0 aliphatic carbocycles. The Morgan fingerprint density at radius 1 is 1.10 bits per heavy atom. The van der Waals surface area contributed by atoms with Crippen molar-refractivity contribution in [1.82, 2.24) is 10.3 Å². The summed E-state index contributed by atoms with van der Waals surface area (Å²) in [6.07, 6.45) is 3.79. The number of pyridine rings is 1. The number of nitrogens with one attached hydrogen (secondary N) is 1. The number of ether oxygens (including phenoxy) is 1. The lowest BCUT2D eigenvalue weighted by atomic mass is 9.96. The van der Waals surface area contributed by atoms with Crippen LogP contribution in [0.4, 0.5) is 0 Å². The van der Waals surface area contributed by atoms with Crippen LogP contribution in [0.3, 0.4) is 0 Å². The van der Waals surface area contributed by atoms with E-state index in [9.17, 15) is 0 Å². The Morgan fingerprint density at radius 3 is 2.48 bits per heavy atom. The first kappa shape index (κ1) is 15.7. The van der Waals surface area contributed by atoms with Crippen LogP contribution in [-0.4, -0.2) is 18.1 Å². The molecule has 0 radical (unpaired) electrons. The van der Waals surface area contributed by atoms with E-state index in [1.807, 2.05) is 25.4 Å². The van der Waals surface area contributed by atoms with Gasteiger partial charge in [0, 0.05) is 19.0 Å². The molecule has 1 heterocycles. The van der Waals surface area contributed by atoms with E-state index < -0.39 is 0 Å². The minimum absolute atomic E-state index is 0.0141. The summed E-state index contributed by atoms with van der Waals surface area (Å²) < 4.78 is 6.05. The van der Waals surface area contributed by atoms with E-state index in [2.05, 4.69) is 54.5 Å². The SMILES string of the molecule is CCNC(c1cncc(C)c1)C(OCC)c1ccccc1. The molecule has 2 unspecified atom stereocenters. The van der Waals surface area contributed by atoms with Gasteiger partial charge < -0.3 is 10.1 Å². The fourth-order valence-electron chi connectivity index (χ4n) is 2.58. The van der Waals surface area contributed by atoms with Crippen molar-refractivity contribution in [2.75, 3.05) is 13.2 Å². The summed E-state index contributed by atoms with van der Waals surface area (Å²) in [5.41, 5.74) is 3.52. The zero-order valence-corrected chi connectivity index (χ0v) is 13.0. The molecule has 1 aromatic carbocycles. The molecular formula is C18H24N2O. The van der Waals surface area contributed by atoms with Crippen molar-refractivity contribution in [3.63, 3.8) is 0 Å². The zero-order chi connectivity index (χ0) is 15.1.